The number of hydrogen-bond donors (Lipinski definition) is 3. The average molecular weight is 526 g/mol. The summed E-state index contributed by atoms with van der Waals surface area (Å²) in [6.45, 7) is 0. The van der Waals surface area contributed by atoms with Crippen molar-refractivity contribution in [2.24, 2.45) is 5.73 Å². The Balaban J connectivity index is 1.77. The quantitative estimate of drug-likeness (QED) is 0.317. The number of carbonyl (C=O) groups is 1. The molecule has 1 aliphatic carbocycles. The number of benzene rings is 3. The molecule has 8 nitrogen and oxygen atoms in total. The van der Waals surface area contributed by atoms with Crippen LogP contribution in [0.5, 0.6) is 0 Å². The van der Waals surface area contributed by atoms with Gasteiger partial charge in [0, 0.05) is 22.5 Å². The highest BCUT2D eigenvalue weighted by Crippen LogP contribution is 2.49. The monoisotopic (exact) mass is 526 g/mol. The van der Waals surface area contributed by atoms with Crippen LogP contribution >= 0.6 is 0 Å². The minimum atomic E-state index is -4.03. The third-order valence-corrected chi connectivity index (χ3v) is 7.33. The Morgan fingerprint density at radius 3 is 2.30 bits per heavy atom. The predicted molar refractivity (Wildman–Crippen MR) is 135 cm³/mol. The summed E-state index contributed by atoms with van der Waals surface area (Å²) in [5.41, 5.74) is 6.65. The van der Waals surface area contributed by atoms with E-state index >= 15 is 0 Å². The Morgan fingerprint density at radius 2 is 1.76 bits per heavy atom. The van der Waals surface area contributed by atoms with Gasteiger partial charge in [0.05, 0.1) is 23.2 Å². The fraction of sp³-hybridized carbons (Fsp3) is 0.160. The topological polar surface area (TPSA) is 134 Å². The first kappa shape index (κ1) is 24.9. The Hall–Kier alpha value is -3.74. The van der Waals surface area contributed by atoms with Crippen LogP contribution in [0.2, 0.25) is 0 Å². The summed E-state index contributed by atoms with van der Waals surface area (Å²) in [6.07, 6.45) is 2.50. The van der Waals surface area contributed by atoms with E-state index in [0.29, 0.717) is 16.5 Å². The van der Waals surface area contributed by atoms with E-state index < -0.39 is 40.1 Å². The molecule has 0 unspecified atom stereocenters. The van der Waals surface area contributed by atoms with Crippen molar-refractivity contribution in [3.8, 4) is 11.3 Å². The summed E-state index contributed by atoms with van der Waals surface area (Å²) in [7, 11) is -6.10. The molecule has 37 heavy (non-hydrogen) atoms. The van der Waals surface area contributed by atoms with Gasteiger partial charge in [-0.3, -0.25) is 4.79 Å². The van der Waals surface area contributed by atoms with Crippen molar-refractivity contribution in [2.75, 3.05) is 10.6 Å². The zero-order valence-electron chi connectivity index (χ0n) is 19.5. The first-order valence-electron chi connectivity index (χ1n) is 11.3. The third-order valence-electron chi connectivity index (χ3n) is 6.25. The Labute approximate surface area is 211 Å². The van der Waals surface area contributed by atoms with Gasteiger partial charge in [0.1, 0.15) is 23.0 Å². The number of primary amides is 1. The number of amides is 1. The lowest BCUT2D eigenvalue weighted by molar-refractivity contribution is 0.100. The Bertz CT molecular complexity index is 1650. The smallest absolute Gasteiger partial charge is 0.455 e. The number of nitrogens with two attached hydrogens (primary N) is 1. The van der Waals surface area contributed by atoms with Gasteiger partial charge in [0.2, 0.25) is 10.0 Å². The summed E-state index contributed by atoms with van der Waals surface area (Å²) in [5.74, 6) is -2.15. The van der Waals surface area contributed by atoms with Gasteiger partial charge in [-0.1, -0.05) is 6.07 Å². The second-order valence-corrected chi connectivity index (χ2v) is 10.8. The number of halogens is 2. The number of sulfonamides is 1. The number of nitrogens with zero attached hydrogens (tertiary/aromatic N) is 1. The lowest BCUT2D eigenvalue weighted by Crippen LogP contribution is -2.33. The highest BCUT2D eigenvalue weighted by atomic mass is 32.2. The highest BCUT2D eigenvalue weighted by molar-refractivity contribution is 7.92. The molecule has 12 heteroatoms. The van der Waals surface area contributed by atoms with Crippen LogP contribution in [0, 0.1) is 11.6 Å². The molecule has 3 aromatic carbocycles. The zero-order valence-corrected chi connectivity index (χ0v) is 20.3. The molecule has 5 rings (SSSR count). The maximum Gasteiger partial charge on any atom is 0.491 e. The molecular weight excluding hydrogens is 505 g/mol. The Kier molecular flexibility index (Phi) is 6.05. The van der Waals surface area contributed by atoms with Gasteiger partial charge < -0.3 is 20.2 Å². The van der Waals surface area contributed by atoms with Crippen molar-refractivity contribution in [2.45, 2.75) is 18.8 Å². The standard InChI is InChI=1S/C25H21BF2N2O6S/c1-37(34,35)30(16-8-9-19(26(32)33)20(28)10-16)21-12-22-18(11-17(21)13-2-3-13)23(25(29)31)24(36-22)14-4-6-15(27)7-5-14/h4-13,32-33H,2-3H2,1H3,(H2,29,31). The van der Waals surface area contributed by atoms with Crippen LogP contribution in [0.25, 0.3) is 22.3 Å². The van der Waals surface area contributed by atoms with Crippen LogP contribution in [0.15, 0.2) is 59.0 Å². The van der Waals surface area contributed by atoms with Gasteiger partial charge in [0.15, 0.2) is 0 Å². The molecule has 190 valence electrons. The molecule has 1 aromatic heterocycles. The minimum absolute atomic E-state index is 0.0167. The second-order valence-electron chi connectivity index (χ2n) is 8.97. The number of furan rings is 1. The summed E-state index contributed by atoms with van der Waals surface area (Å²) in [4.78, 5) is 12.5. The van der Waals surface area contributed by atoms with Crippen LogP contribution in [0.3, 0.4) is 0 Å². The molecule has 1 fully saturated rings. The number of hydrogen-bond acceptors (Lipinski definition) is 6. The van der Waals surface area contributed by atoms with Crippen LogP contribution in [-0.2, 0) is 10.0 Å². The summed E-state index contributed by atoms with van der Waals surface area (Å²) in [5, 5.41) is 19.1. The van der Waals surface area contributed by atoms with Crippen molar-refractivity contribution in [1.82, 2.24) is 0 Å². The van der Waals surface area contributed by atoms with Gasteiger partial charge in [-0.05, 0) is 66.8 Å². The third kappa shape index (κ3) is 4.59. The highest BCUT2D eigenvalue weighted by Gasteiger charge is 2.34. The van der Waals surface area contributed by atoms with Gasteiger partial charge >= 0.3 is 7.12 Å². The van der Waals surface area contributed by atoms with Crippen molar-refractivity contribution in [3.63, 3.8) is 0 Å². The van der Waals surface area contributed by atoms with Gasteiger partial charge in [-0.2, -0.15) is 0 Å². The SMILES string of the molecule is CS(=O)(=O)N(c1ccc(B(O)O)c(F)c1)c1cc2oc(-c3ccc(F)cc3)c(C(N)=O)c2cc1C1CC1. The average Bonchev–Trinajstić information content (AvgIpc) is 3.58. The minimum Gasteiger partial charge on any atom is -0.455 e. The van der Waals surface area contributed by atoms with Gasteiger partial charge in [0.25, 0.3) is 5.91 Å². The van der Waals surface area contributed by atoms with E-state index in [1.807, 2.05) is 0 Å². The second kappa shape index (κ2) is 8.98. The molecule has 4 N–H and O–H groups in total. The number of rotatable bonds is 7. The van der Waals surface area contributed by atoms with Crippen molar-refractivity contribution < 1.29 is 36.5 Å². The summed E-state index contributed by atoms with van der Waals surface area (Å²) in [6, 6.07) is 11.7. The first-order chi connectivity index (χ1) is 17.5. The van der Waals surface area contributed by atoms with E-state index in [4.69, 9.17) is 10.2 Å². The molecule has 0 spiro atoms. The van der Waals surface area contributed by atoms with Gasteiger partial charge in [-0.15, -0.1) is 0 Å². The summed E-state index contributed by atoms with van der Waals surface area (Å²) < 4.78 is 61.0. The molecule has 1 amide bonds. The van der Waals surface area contributed by atoms with Crippen molar-refractivity contribution in [3.05, 3.63) is 77.4 Å². The molecule has 0 saturated heterocycles. The number of anilines is 2. The van der Waals surface area contributed by atoms with E-state index in [0.717, 1.165) is 35.5 Å². The molecule has 1 aliphatic rings. The van der Waals surface area contributed by atoms with Crippen LogP contribution in [0.4, 0.5) is 20.2 Å². The van der Waals surface area contributed by atoms with Crippen molar-refractivity contribution >= 4 is 50.9 Å². The molecule has 0 aliphatic heterocycles. The van der Waals surface area contributed by atoms with Crippen LogP contribution in [0.1, 0.15) is 34.7 Å². The van der Waals surface area contributed by atoms with E-state index in [1.165, 1.54) is 36.4 Å². The maximum atomic E-state index is 14.6. The van der Waals surface area contributed by atoms with Crippen LogP contribution < -0.4 is 15.5 Å². The largest absolute Gasteiger partial charge is 0.491 e. The normalized spacial score (nSPS) is 13.6. The maximum absolute atomic E-state index is 14.6. The van der Waals surface area contributed by atoms with E-state index in [1.54, 1.807) is 6.07 Å². The fourth-order valence-corrected chi connectivity index (χ4v) is 5.47. The molecule has 1 heterocycles. The lowest BCUT2D eigenvalue weighted by Gasteiger charge is -2.25. The molecule has 0 atom stereocenters. The molecule has 0 bridgehead atoms. The van der Waals surface area contributed by atoms with Crippen LogP contribution in [-0.4, -0.2) is 37.7 Å². The van der Waals surface area contributed by atoms with Crippen molar-refractivity contribution in [1.29, 1.82) is 0 Å². The first-order valence-corrected chi connectivity index (χ1v) is 13.1. The summed E-state index contributed by atoms with van der Waals surface area (Å²) >= 11 is 0. The molecular formula is C25H21BF2N2O6S. The lowest BCUT2D eigenvalue weighted by atomic mass is 9.80. The molecule has 0 radical (unpaired) electrons. The number of fused-ring (bicyclic) bond motifs is 1. The Morgan fingerprint density at radius 1 is 1.08 bits per heavy atom. The zero-order chi connectivity index (χ0) is 26.6. The fourth-order valence-electron chi connectivity index (χ4n) is 4.46. The van der Waals surface area contributed by atoms with E-state index in [2.05, 4.69) is 0 Å². The van der Waals surface area contributed by atoms with E-state index in [-0.39, 0.29) is 34.2 Å². The predicted octanol–water partition coefficient (Wildman–Crippen LogP) is 3.13. The van der Waals surface area contributed by atoms with E-state index in [9.17, 15) is 32.0 Å². The van der Waals surface area contributed by atoms with Gasteiger partial charge in [-0.25, -0.2) is 21.5 Å². The molecule has 1 saturated carbocycles. The number of carbonyl (C=O) groups excluding carboxylic acids is 1. The molecule has 4 aromatic rings.